The number of carbonyl (C=O) groups is 1. The first-order valence-electron chi connectivity index (χ1n) is 5.24. The van der Waals surface area contributed by atoms with Gasteiger partial charge in [-0.25, -0.2) is 0 Å². The summed E-state index contributed by atoms with van der Waals surface area (Å²) in [5.41, 5.74) is 1.56. The van der Waals surface area contributed by atoms with E-state index in [0.717, 1.165) is 24.8 Å². The third kappa shape index (κ3) is 1.59. The van der Waals surface area contributed by atoms with Crippen molar-refractivity contribution in [3.8, 4) is 0 Å². The van der Waals surface area contributed by atoms with Gasteiger partial charge in [-0.15, -0.1) is 0 Å². The van der Waals surface area contributed by atoms with Gasteiger partial charge in [0, 0.05) is 5.92 Å². The van der Waals surface area contributed by atoms with Crippen LogP contribution in [0.2, 0.25) is 0 Å². The zero-order chi connectivity index (χ0) is 9.97. The van der Waals surface area contributed by atoms with E-state index in [4.69, 9.17) is 4.52 Å². The molecule has 3 nitrogen and oxygen atoms in total. The number of hydrogen-bond donors (Lipinski definition) is 0. The molecule has 0 saturated heterocycles. The highest BCUT2D eigenvalue weighted by Gasteiger charge is 2.23. The summed E-state index contributed by atoms with van der Waals surface area (Å²) in [6.45, 7) is 1.79. The fourth-order valence-corrected chi connectivity index (χ4v) is 2.21. The zero-order valence-corrected chi connectivity index (χ0v) is 8.45. The lowest BCUT2D eigenvalue weighted by Crippen LogP contribution is -2.07. The number of aryl methyl sites for hydroxylation is 1. The van der Waals surface area contributed by atoms with E-state index in [0.29, 0.717) is 17.2 Å². The second kappa shape index (κ2) is 3.95. The SMILES string of the molecule is Cc1onc(C2CCCCC2)c1C=O. The summed E-state index contributed by atoms with van der Waals surface area (Å²) < 4.78 is 5.06. The van der Waals surface area contributed by atoms with Crippen molar-refractivity contribution in [3.63, 3.8) is 0 Å². The zero-order valence-electron chi connectivity index (χ0n) is 8.45. The highest BCUT2D eigenvalue weighted by Crippen LogP contribution is 2.33. The Morgan fingerprint density at radius 1 is 1.36 bits per heavy atom. The van der Waals surface area contributed by atoms with Crippen LogP contribution in [0.15, 0.2) is 4.52 Å². The number of carbonyl (C=O) groups excluding carboxylic acids is 1. The van der Waals surface area contributed by atoms with Gasteiger partial charge in [0.1, 0.15) is 5.76 Å². The molecule has 0 unspecified atom stereocenters. The summed E-state index contributed by atoms with van der Waals surface area (Å²) in [5.74, 6) is 1.10. The van der Waals surface area contributed by atoms with Crippen molar-refractivity contribution in [2.45, 2.75) is 44.9 Å². The molecule has 0 bridgehead atoms. The summed E-state index contributed by atoms with van der Waals surface area (Å²) in [6.07, 6.45) is 6.96. The molecule has 2 rings (SSSR count). The van der Waals surface area contributed by atoms with E-state index in [1.165, 1.54) is 19.3 Å². The van der Waals surface area contributed by atoms with Crippen LogP contribution in [0.5, 0.6) is 0 Å². The molecule has 1 aromatic heterocycles. The summed E-state index contributed by atoms with van der Waals surface area (Å²) in [6, 6.07) is 0. The van der Waals surface area contributed by atoms with E-state index >= 15 is 0 Å². The standard InChI is InChI=1S/C11H15NO2/c1-8-10(7-13)11(12-14-8)9-5-3-2-4-6-9/h7,9H,2-6H2,1H3. The van der Waals surface area contributed by atoms with E-state index in [9.17, 15) is 4.79 Å². The molecular formula is C11H15NO2. The Morgan fingerprint density at radius 3 is 2.71 bits per heavy atom. The van der Waals surface area contributed by atoms with Crippen LogP contribution in [0.3, 0.4) is 0 Å². The van der Waals surface area contributed by atoms with Crippen molar-refractivity contribution < 1.29 is 9.32 Å². The summed E-state index contributed by atoms with van der Waals surface area (Å²) in [7, 11) is 0. The number of rotatable bonds is 2. The smallest absolute Gasteiger partial charge is 0.155 e. The molecule has 0 N–H and O–H groups in total. The van der Waals surface area contributed by atoms with Crippen molar-refractivity contribution in [1.82, 2.24) is 5.16 Å². The van der Waals surface area contributed by atoms with Crippen LogP contribution in [-0.4, -0.2) is 11.4 Å². The molecule has 1 heterocycles. The van der Waals surface area contributed by atoms with E-state index in [1.54, 1.807) is 6.92 Å². The molecule has 0 aliphatic heterocycles. The molecular weight excluding hydrogens is 178 g/mol. The van der Waals surface area contributed by atoms with E-state index < -0.39 is 0 Å². The maximum atomic E-state index is 10.9. The molecule has 0 aromatic carbocycles. The lowest BCUT2D eigenvalue weighted by Gasteiger charge is -2.19. The summed E-state index contributed by atoms with van der Waals surface area (Å²) in [4.78, 5) is 10.9. The normalized spacial score (nSPS) is 18.4. The lowest BCUT2D eigenvalue weighted by atomic mass is 9.85. The Bertz CT molecular complexity index is 324. The van der Waals surface area contributed by atoms with Crippen LogP contribution >= 0.6 is 0 Å². The van der Waals surface area contributed by atoms with Crippen molar-refractivity contribution in [2.24, 2.45) is 0 Å². The summed E-state index contributed by atoms with van der Waals surface area (Å²) in [5, 5.41) is 4.00. The second-order valence-electron chi connectivity index (χ2n) is 3.99. The van der Waals surface area contributed by atoms with Gasteiger partial charge < -0.3 is 4.52 Å². The first-order valence-corrected chi connectivity index (χ1v) is 5.24. The molecule has 1 aliphatic carbocycles. The van der Waals surface area contributed by atoms with Gasteiger partial charge in [-0.05, 0) is 19.8 Å². The highest BCUT2D eigenvalue weighted by atomic mass is 16.5. The minimum atomic E-state index is 0.446. The van der Waals surface area contributed by atoms with Gasteiger partial charge in [0.25, 0.3) is 0 Å². The van der Waals surface area contributed by atoms with Crippen LogP contribution in [0.1, 0.15) is 59.8 Å². The quantitative estimate of drug-likeness (QED) is 0.678. The first kappa shape index (κ1) is 9.44. The average molecular weight is 193 g/mol. The number of nitrogens with zero attached hydrogens (tertiary/aromatic N) is 1. The summed E-state index contributed by atoms with van der Waals surface area (Å²) >= 11 is 0. The predicted octanol–water partition coefficient (Wildman–Crippen LogP) is 2.84. The second-order valence-corrected chi connectivity index (χ2v) is 3.99. The Kier molecular flexibility index (Phi) is 2.66. The Labute approximate surface area is 83.5 Å². The van der Waals surface area contributed by atoms with Gasteiger partial charge in [0.15, 0.2) is 6.29 Å². The lowest BCUT2D eigenvalue weighted by molar-refractivity contribution is 0.112. The van der Waals surface area contributed by atoms with E-state index in [2.05, 4.69) is 5.16 Å². The van der Waals surface area contributed by atoms with Crippen LogP contribution in [-0.2, 0) is 0 Å². The van der Waals surface area contributed by atoms with Crippen LogP contribution in [0.4, 0.5) is 0 Å². The molecule has 0 amide bonds. The Morgan fingerprint density at radius 2 is 2.07 bits per heavy atom. The third-order valence-corrected chi connectivity index (χ3v) is 3.05. The molecule has 76 valence electrons. The molecule has 3 heteroatoms. The predicted molar refractivity (Wildman–Crippen MR) is 52.5 cm³/mol. The van der Waals surface area contributed by atoms with Crippen LogP contribution < -0.4 is 0 Å². The Balaban J connectivity index is 2.25. The van der Waals surface area contributed by atoms with Gasteiger partial charge in [0.2, 0.25) is 0 Å². The monoisotopic (exact) mass is 193 g/mol. The highest BCUT2D eigenvalue weighted by molar-refractivity contribution is 5.77. The number of aldehydes is 1. The fraction of sp³-hybridized carbons (Fsp3) is 0.636. The van der Waals surface area contributed by atoms with E-state index in [1.807, 2.05) is 0 Å². The molecule has 0 spiro atoms. The molecule has 0 radical (unpaired) electrons. The topological polar surface area (TPSA) is 43.1 Å². The largest absolute Gasteiger partial charge is 0.361 e. The van der Waals surface area contributed by atoms with Crippen LogP contribution in [0.25, 0.3) is 0 Å². The first-order chi connectivity index (χ1) is 6.83. The van der Waals surface area contributed by atoms with Crippen molar-refractivity contribution in [1.29, 1.82) is 0 Å². The van der Waals surface area contributed by atoms with E-state index in [-0.39, 0.29) is 0 Å². The molecule has 1 fully saturated rings. The maximum Gasteiger partial charge on any atom is 0.155 e. The van der Waals surface area contributed by atoms with Crippen molar-refractivity contribution >= 4 is 6.29 Å². The number of aromatic nitrogens is 1. The third-order valence-electron chi connectivity index (χ3n) is 3.05. The van der Waals surface area contributed by atoms with Gasteiger partial charge in [-0.2, -0.15) is 0 Å². The molecule has 0 atom stereocenters. The molecule has 1 aliphatic rings. The Hall–Kier alpha value is -1.12. The number of hydrogen-bond acceptors (Lipinski definition) is 3. The van der Waals surface area contributed by atoms with Gasteiger partial charge in [0.05, 0.1) is 11.3 Å². The molecule has 14 heavy (non-hydrogen) atoms. The van der Waals surface area contributed by atoms with Crippen molar-refractivity contribution in [3.05, 3.63) is 17.0 Å². The van der Waals surface area contributed by atoms with Gasteiger partial charge in [-0.1, -0.05) is 24.4 Å². The van der Waals surface area contributed by atoms with Gasteiger partial charge in [-0.3, -0.25) is 4.79 Å². The minimum absolute atomic E-state index is 0.446. The molecule has 1 saturated carbocycles. The van der Waals surface area contributed by atoms with Crippen LogP contribution in [0, 0.1) is 6.92 Å². The maximum absolute atomic E-state index is 10.9. The minimum Gasteiger partial charge on any atom is -0.361 e. The van der Waals surface area contributed by atoms with Gasteiger partial charge >= 0.3 is 0 Å². The molecule has 1 aromatic rings. The fourth-order valence-electron chi connectivity index (χ4n) is 2.21. The van der Waals surface area contributed by atoms with Crippen molar-refractivity contribution in [2.75, 3.05) is 0 Å². The average Bonchev–Trinajstić information content (AvgIpc) is 2.61.